The Kier molecular flexibility index (Phi) is 5.16. The summed E-state index contributed by atoms with van der Waals surface area (Å²) in [7, 11) is 0. The van der Waals surface area contributed by atoms with Crippen molar-refractivity contribution in [2.24, 2.45) is 0 Å². The van der Waals surface area contributed by atoms with Crippen molar-refractivity contribution in [2.75, 3.05) is 0 Å². The summed E-state index contributed by atoms with van der Waals surface area (Å²) in [6.07, 6.45) is 5.36. The molecule has 0 bridgehead atoms. The van der Waals surface area contributed by atoms with E-state index in [1.807, 2.05) is 6.07 Å². The number of halogens is 1. The number of hydrogen-bond acceptors (Lipinski definition) is 4. The molecule has 2 N–H and O–H groups in total. The molecule has 0 saturated heterocycles. The number of carbonyl (C=O) groups is 2. The standard InChI is InChI=1S/C21H18FN3O2S/c22-16-9-14(18-5-6-19(28-18)21(27)25-17-3-4-17)8-15(10-16)20(26)24-12-13-2-1-7-23-11-13/h1-2,5-11,17H,3-4,12H2,(H,24,26)(H,25,27). The number of hydrogen-bond donors (Lipinski definition) is 2. The summed E-state index contributed by atoms with van der Waals surface area (Å²) in [5.74, 6) is -0.973. The van der Waals surface area contributed by atoms with Crippen LogP contribution in [0.1, 0.15) is 38.4 Å². The molecule has 28 heavy (non-hydrogen) atoms. The van der Waals surface area contributed by atoms with Gasteiger partial charge in [-0.25, -0.2) is 4.39 Å². The molecule has 2 aromatic heterocycles. The van der Waals surface area contributed by atoms with E-state index in [0.29, 0.717) is 17.0 Å². The van der Waals surface area contributed by atoms with Crippen LogP contribution in [-0.2, 0) is 6.54 Å². The highest BCUT2D eigenvalue weighted by Crippen LogP contribution is 2.30. The second kappa shape index (κ2) is 7.90. The quantitative estimate of drug-likeness (QED) is 0.667. The van der Waals surface area contributed by atoms with E-state index in [0.717, 1.165) is 23.3 Å². The van der Waals surface area contributed by atoms with Crippen LogP contribution < -0.4 is 10.6 Å². The van der Waals surface area contributed by atoms with Gasteiger partial charge in [-0.2, -0.15) is 0 Å². The van der Waals surface area contributed by atoms with Crippen molar-refractivity contribution >= 4 is 23.2 Å². The first-order chi connectivity index (χ1) is 13.6. The SMILES string of the molecule is O=C(NCc1cccnc1)c1cc(F)cc(-c2ccc(C(=O)NC3CC3)s2)c1. The van der Waals surface area contributed by atoms with Gasteiger partial charge in [0, 0.05) is 35.4 Å². The summed E-state index contributed by atoms with van der Waals surface area (Å²) in [5, 5.41) is 5.70. The van der Waals surface area contributed by atoms with E-state index >= 15 is 0 Å². The molecular weight excluding hydrogens is 377 g/mol. The zero-order chi connectivity index (χ0) is 19.5. The molecule has 0 spiro atoms. The highest BCUT2D eigenvalue weighted by atomic mass is 32.1. The fourth-order valence-electron chi connectivity index (χ4n) is 2.75. The molecule has 142 valence electrons. The molecule has 5 nitrogen and oxygen atoms in total. The number of rotatable bonds is 6. The van der Waals surface area contributed by atoms with Crippen molar-refractivity contribution in [3.8, 4) is 10.4 Å². The van der Waals surface area contributed by atoms with E-state index in [1.54, 1.807) is 36.7 Å². The lowest BCUT2D eigenvalue weighted by Gasteiger charge is -2.07. The monoisotopic (exact) mass is 395 g/mol. The minimum Gasteiger partial charge on any atom is -0.349 e. The molecule has 2 amide bonds. The molecule has 7 heteroatoms. The number of carbonyl (C=O) groups excluding carboxylic acids is 2. The first-order valence-electron chi connectivity index (χ1n) is 8.97. The maximum Gasteiger partial charge on any atom is 0.261 e. The van der Waals surface area contributed by atoms with Gasteiger partial charge < -0.3 is 10.6 Å². The number of benzene rings is 1. The zero-order valence-electron chi connectivity index (χ0n) is 14.9. The Hall–Kier alpha value is -3.06. The Bertz CT molecular complexity index is 1020. The van der Waals surface area contributed by atoms with Crippen molar-refractivity contribution in [1.82, 2.24) is 15.6 Å². The third kappa shape index (κ3) is 4.43. The van der Waals surface area contributed by atoms with E-state index in [1.165, 1.54) is 23.5 Å². The van der Waals surface area contributed by atoms with Crippen LogP contribution in [0.25, 0.3) is 10.4 Å². The average molecular weight is 395 g/mol. The van der Waals surface area contributed by atoms with Crippen molar-refractivity contribution in [3.63, 3.8) is 0 Å². The molecule has 1 aliphatic rings. The van der Waals surface area contributed by atoms with Crippen molar-refractivity contribution in [3.05, 3.63) is 76.7 Å². The van der Waals surface area contributed by atoms with Crippen molar-refractivity contribution in [2.45, 2.75) is 25.4 Å². The predicted octanol–water partition coefficient (Wildman–Crippen LogP) is 3.77. The van der Waals surface area contributed by atoms with E-state index in [9.17, 15) is 14.0 Å². The Morgan fingerprint density at radius 3 is 2.75 bits per heavy atom. The first kappa shape index (κ1) is 18.3. The third-order valence-corrected chi connectivity index (χ3v) is 5.50. The van der Waals surface area contributed by atoms with Crippen LogP contribution in [-0.4, -0.2) is 22.8 Å². The summed E-state index contributed by atoms with van der Waals surface area (Å²) >= 11 is 1.28. The molecule has 0 radical (unpaired) electrons. The maximum absolute atomic E-state index is 14.1. The van der Waals surface area contributed by atoms with Crippen molar-refractivity contribution < 1.29 is 14.0 Å². The van der Waals surface area contributed by atoms with Gasteiger partial charge in [-0.3, -0.25) is 14.6 Å². The van der Waals surface area contributed by atoms with Gasteiger partial charge in [0.15, 0.2) is 0 Å². The summed E-state index contributed by atoms with van der Waals surface area (Å²) in [4.78, 5) is 29.9. The Morgan fingerprint density at radius 2 is 2.00 bits per heavy atom. The lowest BCUT2D eigenvalue weighted by molar-refractivity contribution is 0.0944. The van der Waals surface area contributed by atoms with Gasteiger partial charge >= 0.3 is 0 Å². The van der Waals surface area contributed by atoms with Crippen LogP contribution in [0.15, 0.2) is 54.9 Å². The molecule has 0 atom stereocenters. The van der Waals surface area contributed by atoms with Gasteiger partial charge in [-0.1, -0.05) is 6.07 Å². The van der Waals surface area contributed by atoms with Crippen LogP contribution >= 0.6 is 11.3 Å². The smallest absolute Gasteiger partial charge is 0.261 e. The predicted molar refractivity (Wildman–Crippen MR) is 106 cm³/mol. The third-order valence-electron chi connectivity index (χ3n) is 4.36. The zero-order valence-corrected chi connectivity index (χ0v) is 15.8. The fourth-order valence-corrected chi connectivity index (χ4v) is 3.65. The van der Waals surface area contributed by atoms with Crippen LogP contribution in [0.2, 0.25) is 0 Å². The molecule has 1 fully saturated rings. The van der Waals surface area contributed by atoms with Crippen molar-refractivity contribution in [1.29, 1.82) is 0 Å². The van der Waals surface area contributed by atoms with E-state index in [2.05, 4.69) is 15.6 Å². The van der Waals surface area contributed by atoms with Gasteiger partial charge in [0.2, 0.25) is 0 Å². The summed E-state index contributed by atoms with van der Waals surface area (Å²) in [5.41, 5.74) is 1.66. The lowest BCUT2D eigenvalue weighted by Crippen LogP contribution is -2.24. The first-order valence-corrected chi connectivity index (χ1v) is 9.79. The number of nitrogens with one attached hydrogen (secondary N) is 2. The normalized spacial score (nSPS) is 13.2. The number of nitrogens with zero attached hydrogens (tertiary/aromatic N) is 1. The minimum atomic E-state index is -0.499. The van der Waals surface area contributed by atoms with E-state index < -0.39 is 5.82 Å². The molecule has 2 heterocycles. The molecule has 3 aromatic rings. The highest BCUT2D eigenvalue weighted by molar-refractivity contribution is 7.17. The average Bonchev–Trinajstić information content (AvgIpc) is 3.37. The lowest BCUT2D eigenvalue weighted by atomic mass is 10.1. The van der Waals surface area contributed by atoms with E-state index in [4.69, 9.17) is 0 Å². The Morgan fingerprint density at radius 1 is 1.14 bits per heavy atom. The van der Waals surface area contributed by atoms with Gasteiger partial charge in [0.05, 0.1) is 4.88 Å². The Labute approximate surface area is 165 Å². The number of aromatic nitrogens is 1. The minimum absolute atomic E-state index is 0.107. The van der Waals surface area contributed by atoms with Crippen LogP contribution in [0.4, 0.5) is 4.39 Å². The van der Waals surface area contributed by atoms with E-state index in [-0.39, 0.29) is 23.4 Å². The van der Waals surface area contributed by atoms with Gasteiger partial charge in [0.25, 0.3) is 11.8 Å². The molecule has 1 aliphatic carbocycles. The van der Waals surface area contributed by atoms with Crippen LogP contribution in [0.3, 0.4) is 0 Å². The highest BCUT2D eigenvalue weighted by Gasteiger charge is 2.24. The van der Waals surface area contributed by atoms with Crippen LogP contribution in [0, 0.1) is 5.82 Å². The number of thiophene rings is 1. The molecule has 0 unspecified atom stereocenters. The topological polar surface area (TPSA) is 71.1 Å². The number of pyridine rings is 1. The van der Waals surface area contributed by atoms with Crippen LogP contribution in [0.5, 0.6) is 0 Å². The second-order valence-electron chi connectivity index (χ2n) is 6.68. The molecule has 0 aliphatic heterocycles. The molecule has 1 aromatic carbocycles. The maximum atomic E-state index is 14.1. The summed E-state index contributed by atoms with van der Waals surface area (Å²) in [6, 6.07) is 11.6. The summed E-state index contributed by atoms with van der Waals surface area (Å²) < 4.78 is 14.1. The second-order valence-corrected chi connectivity index (χ2v) is 7.77. The molecular formula is C21H18FN3O2S. The molecule has 1 saturated carbocycles. The van der Waals surface area contributed by atoms with Gasteiger partial charge in [-0.05, 0) is 60.4 Å². The van der Waals surface area contributed by atoms with Gasteiger partial charge in [-0.15, -0.1) is 11.3 Å². The fraction of sp³-hybridized carbons (Fsp3) is 0.190. The summed E-state index contributed by atoms with van der Waals surface area (Å²) in [6.45, 7) is 0.309. The largest absolute Gasteiger partial charge is 0.349 e. The Balaban J connectivity index is 1.49. The molecule has 4 rings (SSSR count). The number of amides is 2. The van der Waals surface area contributed by atoms with Gasteiger partial charge in [0.1, 0.15) is 5.82 Å².